The van der Waals surface area contributed by atoms with Crippen molar-refractivity contribution in [3.8, 4) is 0 Å². The minimum atomic E-state index is -0.154. The van der Waals surface area contributed by atoms with E-state index < -0.39 is 0 Å². The molecule has 2 amide bonds. The molecule has 0 aliphatic heterocycles. The maximum absolute atomic E-state index is 12.0. The Morgan fingerprint density at radius 3 is 2.66 bits per heavy atom. The van der Waals surface area contributed by atoms with Crippen LogP contribution in [0.4, 0.5) is 4.79 Å². The molecular weight excluding hydrogens is 362 g/mol. The number of carbonyl (C=O) groups excluding carboxylic acids is 1. The molecule has 4 rings (SSSR count). The van der Waals surface area contributed by atoms with Crippen LogP contribution in [0.5, 0.6) is 0 Å². The molecule has 0 unspecified atom stereocenters. The summed E-state index contributed by atoms with van der Waals surface area (Å²) in [6.45, 7) is 2.69. The van der Waals surface area contributed by atoms with Crippen molar-refractivity contribution in [3.63, 3.8) is 0 Å². The quantitative estimate of drug-likeness (QED) is 0.452. The van der Waals surface area contributed by atoms with E-state index in [9.17, 15) is 4.79 Å². The second-order valence-corrected chi connectivity index (χ2v) is 7.06. The van der Waals surface area contributed by atoms with Crippen molar-refractivity contribution in [2.24, 2.45) is 0 Å². The van der Waals surface area contributed by atoms with Crippen molar-refractivity contribution >= 4 is 16.9 Å². The minimum absolute atomic E-state index is 0.154. The Hall–Kier alpha value is -3.54. The number of benzene rings is 2. The van der Waals surface area contributed by atoms with Crippen molar-refractivity contribution in [1.29, 1.82) is 0 Å². The summed E-state index contributed by atoms with van der Waals surface area (Å²) >= 11 is 0. The van der Waals surface area contributed by atoms with Gasteiger partial charge in [-0.15, -0.1) is 0 Å². The average molecular weight is 387 g/mol. The summed E-state index contributed by atoms with van der Waals surface area (Å²) in [5.41, 5.74) is 3.41. The first-order valence-corrected chi connectivity index (χ1v) is 9.89. The maximum Gasteiger partial charge on any atom is 0.315 e. The van der Waals surface area contributed by atoms with Crippen molar-refractivity contribution in [2.75, 3.05) is 6.54 Å². The molecule has 2 aromatic carbocycles. The summed E-state index contributed by atoms with van der Waals surface area (Å²) in [4.78, 5) is 12.0. The molecule has 29 heavy (non-hydrogen) atoms. The highest BCUT2D eigenvalue weighted by molar-refractivity contribution is 5.79. The number of aromatic nitrogens is 3. The normalized spacial score (nSPS) is 10.9. The van der Waals surface area contributed by atoms with Crippen LogP contribution in [0.2, 0.25) is 0 Å². The molecule has 0 atom stereocenters. The van der Waals surface area contributed by atoms with Gasteiger partial charge in [-0.3, -0.25) is 4.68 Å². The van der Waals surface area contributed by atoms with E-state index in [4.69, 9.17) is 0 Å². The van der Waals surface area contributed by atoms with Crippen molar-refractivity contribution in [1.82, 2.24) is 25.0 Å². The molecule has 0 aliphatic rings. The van der Waals surface area contributed by atoms with Crippen molar-refractivity contribution < 1.29 is 4.79 Å². The smallest absolute Gasteiger partial charge is 0.315 e. The summed E-state index contributed by atoms with van der Waals surface area (Å²) < 4.78 is 4.10. The number of urea groups is 1. The number of nitrogens with one attached hydrogen (secondary N) is 2. The molecule has 2 aromatic heterocycles. The number of nitrogens with zero attached hydrogens (tertiary/aromatic N) is 3. The second-order valence-electron chi connectivity index (χ2n) is 7.06. The maximum atomic E-state index is 12.0. The first-order valence-electron chi connectivity index (χ1n) is 9.89. The highest BCUT2D eigenvalue weighted by Gasteiger charge is 2.04. The van der Waals surface area contributed by atoms with E-state index in [2.05, 4.69) is 56.8 Å². The van der Waals surface area contributed by atoms with Crippen LogP contribution in [0.1, 0.15) is 17.5 Å². The SMILES string of the molecule is O=C(NCCCn1ccc2ccccc21)NCc1cnn(Cc2ccccc2)c1. The molecule has 0 saturated heterocycles. The molecule has 2 heterocycles. The van der Waals surface area contributed by atoms with E-state index >= 15 is 0 Å². The van der Waals surface area contributed by atoms with Crippen LogP contribution in [0.15, 0.2) is 79.3 Å². The van der Waals surface area contributed by atoms with Gasteiger partial charge in [-0.25, -0.2) is 4.79 Å². The molecule has 6 heteroatoms. The molecule has 0 saturated carbocycles. The van der Waals surface area contributed by atoms with Crippen LogP contribution in [0, 0.1) is 0 Å². The fourth-order valence-corrected chi connectivity index (χ4v) is 3.39. The summed E-state index contributed by atoms with van der Waals surface area (Å²) in [5.74, 6) is 0. The minimum Gasteiger partial charge on any atom is -0.347 e. The fourth-order valence-electron chi connectivity index (χ4n) is 3.39. The van der Waals surface area contributed by atoms with Gasteiger partial charge in [-0.1, -0.05) is 48.5 Å². The Morgan fingerprint density at radius 1 is 0.931 bits per heavy atom. The van der Waals surface area contributed by atoms with Gasteiger partial charge in [0.2, 0.25) is 0 Å². The van der Waals surface area contributed by atoms with E-state index in [1.54, 1.807) is 6.20 Å². The van der Waals surface area contributed by atoms with Gasteiger partial charge in [0.05, 0.1) is 12.7 Å². The van der Waals surface area contributed by atoms with Gasteiger partial charge in [0.15, 0.2) is 0 Å². The Labute approximate surface area is 170 Å². The molecular formula is C23H25N5O. The Morgan fingerprint density at radius 2 is 1.76 bits per heavy atom. The summed E-state index contributed by atoms with van der Waals surface area (Å²) in [6, 6.07) is 20.5. The standard InChI is InChI=1S/C23H25N5O/c29-23(24-12-6-13-27-14-11-21-9-4-5-10-22(21)27)25-15-20-16-26-28(18-20)17-19-7-2-1-3-8-19/h1-5,7-11,14,16,18H,6,12-13,15,17H2,(H2,24,25,29). The van der Waals surface area contributed by atoms with Crippen LogP contribution in [0.3, 0.4) is 0 Å². The third-order valence-electron chi connectivity index (χ3n) is 4.87. The third kappa shape index (κ3) is 5.04. The van der Waals surface area contributed by atoms with Crippen LogP contribution in [-0.4, -0.2) is 26.9 Å². The molecule has 0 bridgehead atoms. The lowest BCUT2D eigenvalue weighted by molar-refractivity contribution is 0.240. The number of hydrogen-bond donors (Lipinski definition) is 2. The molecule has 0 spiro atoms. The van der Waals surface area contributed by atoms with Crippen LogP contribution < -0.4 is 10.6 Å². The van der Waals surface area contributed by atoms with Crippen LogP contribution >= 0.6 is 0 Å². The molecule has 0 radical (unpaired) electrons. The zero-order chi connectivity index (χ0) is 19.9. The molecule has 148 valence electrons. The highest BCUT2D eigenvalue weighted by Crippen LogP contribution is 2.15. The number of rotatable bonds is 8. The van der Waals surface area contributed by atoms with E-state index in [0.717, 1.165) is 25.1 Å². The number of hydrogen-bond acceptors (Lipinski definition) is 2. The van der Waals surface area contributed by atoms with E-state index in [-0.39, 0.29) is 6.03 Å². The molecule has 0 fully saturated rings. The Balaban J connectivity index is 1.17. The molecule has 2 N–H and O–H groups in total. The van der Waals surface area contributed by atoms with E-state index in [1.165, 1.54) is 16.5 Å². The molecule has 4 aromatic rings. The number of aryl methyl sites for hydroxylation is 1. The highest BCUT2D eigenvalue weighted by atomic mass is 16.2. The van der Waals surface area contributed by atoms with Crippen molar-refractivity contribution in [3.05, 3.63) is 90.4 Å². The third-order valence-corrected chi connectivity index (χ3v) is 4.87. The van der Waals surface area contributed by atoms with E-state index in [1.807, 2.05) is 41.2 Å². The topological polar surface area (TPSA) is 63.9 Å². The Kier molecular flexibility index (Phi) is 5.90. The number of fused-ring (bicyclic) bond motifs is 1. The number of carbonyl (C=O) groups is 1. The number of para-hydroxylation sites is 1. The van der Waals surface area contributed by atoms with Gasteiger partial charge in [0, 0.05) is 43.1 Å². The van der Waals surface area contributed by atoms with E-state index in [0.29, 0.717) is 13.1 Å². The predicted molar refractivity (Wildman–Crippen MR) is 115 cm³/mol. The zero-order valence-corrected chi connectivity index (χ0v) is 16.3. The summed E-state index contributed by atoms with van der Waals surface area (Å²) in [6.07, 6.45) is 6.73. The van der Waals surface area contributed by atoms with Crippen molar-refractivity contribution in [2.45, 2.75) is 26.1 Å². The predicted octanol–water partition coefficient (Wildman–Crippen LogP) is 3.78. The Bertz CT molecular complexity index is 1070. The summed E-state index contributed by atoms with van der Waals surface area (Å²) in [7, 11) is 0. The lowest BCUT2D eigenvalue weighted by Crippen LogP contribution is -2.35. The number of amides is 2. The van der Waals surface area contributed by atoms with Crippen LogP contribution in [-0.2, 0) is 19.6 Å². The van der Waals surface area contributed by atoms with Gasteiger partial charge in [0.1, 0.15) is 0 Å². The first kappa shape index (κ1) is 18.8. The second kappa shape index (κ2) is 9.10. The monoisotopic (exact) mass is 387 g/mol. The van der Waals surface area contributed by atoms with Crippen LogP contribution in [0.25, 0.3) is 10.9 Å². The first-order chi connectivity index (χ1) is 14.3. The molecule has 6 nitrogen and oxygen atoms in total. The van der Waals surface area contributed by atoms with Gasteiger partial charge in [0.25, 0.3) is 0 Å². The lowest BCUT2D eigenvalue weighted by Gasteiger charge is -2.08. The summed E-state index contributed by atoms with van der Waals surface area (Å²) in [5, 5.41) is 11.4. The van der Waals surface area contributed by atoms with Gasteiger partial charge < -0.3 is 15.2 Å². The average Bonchev–Trinajstić information content (AvgIpc) is 3.37. The van der Waals surface area contributed by atoms with Gasteiger partial charge in [-0.05, 0) is 29.5 Å². The molecule has 0 aliphatic carbocycles. The largest absolute Gasteiger partial charge is 0.347 e. The zero-order valence-electron chi connectivity index (χ0n) is 16.3. The van der Waals surface area contributed by atoms with Gasteiger partial charge >= 0.3 is 6.03 Å². The van der Waals surface area contributed by atoms with Gasteiger partial charge in [-0.2, -0.15) is 5.10 Å². The fraction of sp³-hybridized carbons (Fsp3) is 0.217. The lowest BCUT2D eigenvalue weighted by atomic mass is 10.2.